The zero-order valence-corrected chi connectivity index (χ0v) is 13.7. The number of unbranched alkanes of at least 4 members (excludes halogenated alkanes) is 6. The maximum absolute atomic E-state index is 4.15. The van der Waals surface area contributed by atoms with Gasteiger partial charge in [-0.05, 0) is 38.1 Å². The predicted octanol–water partition coefficient (Wildman–Crippen LogP) is 4.64. The van der Waals surface area contributed by atoms with E-state index < -0.39 is 0 Å². The Bertz CT molecular complexity index is 303. The normalized spacial score (nSPS) is 11.1. The van der Waals surface area contributed by atoms with E-state index in [0.29, 0.717) is 0 Å². The lowest BCUT2D eigenvalue weighted by Crippen LogP contribution is -2.19. The first-order valence-corrected chi connectivity index (χ1v) is 8.58. The van der Waals surface area contributed by atoms with Crippen molar-refractivity contribution in [3.8, 4) is 0 Å². The van der Waals surface area contributed by atoms with E-state index in [1.54, 1.807) is 0 Å². The predicted molar refractivity (Wildman–Crippen MR) is 86.7 cm³/mol. The number of halogens is 1. The Kier molecular flexibility index (Phi) is 10.0. The van der Waals surface area contributed by atoms with Crippen LogP contribution in [0.15, 0.2) is 24.5 Å². The monoisotopic (exact) mass is 326 g/mol. The Morgan fingerprint density at radius 1 is 1.05 bits per heavy atom. The summed E-state index contributed by atoms with van der Waals surface area (Å²) >= 11 is 3.48. The van der Waals surface area contributed by atoms with Gasteiger partial charge in [-0.2, -0.15) is 0 Å². The molecule has 1 aromatic heterocycles. The van der Waals surface area contributed by atoms with Gasteiger partial charge in [0.25, 0.3) is 0 Å². The molecule has 0 unspecified atom stereocenters. The van der Waals surface area contributed by atoms with Crippen LogP contribution in [0.5, 0.6) is 0 Å². The molecule has 1 rings (SSSR count). The zero-order valence-electron chi connectivity index (χ0n) is 12.2. The minimum absolute atomic E-state index is 1.01. The van der Waals surface area contributed by atoms with E-state index in [4.69, 9.17) is 0 Å². The van der Waals surface area contributed by atoms with Gasteiger partial charge in [0.2, 0.25) is 0 Å². The van der Waals surface area contributed by atoms with Crippen molar-refractivity contribution in [3.63, 3.8) is 0 Å². The van der Waals surface area contributed by atoms with E-state index in [1.165, 1.54) is 57.1 Å². The molecule has 0 saturated carbocycles. The van der Waals surface area contributed by atoms with Crippen LogP contribution < -0.4 is 0 Å². The summed E-state index contributed by atoms with van der Waals surface area (Å²) in [5.41, 5.74) is 1.31. The van der Waals surface area contributed by atoms with Crippen LogP contribution in [0, 0.1) is 0 Å². The van der Waals surface area contributed by atoms with Crippen LogP contribution in [0.1, 0.15) is 50.5 Å². The first kappa shape index (κ1) is 16.6. The fraction of sp³-hybridized carbons (Fsp3) is 0.688. The van der Waals surface area contributed by atoms with Crippen LogP contribution in [0.4, 0.5) is 0 Å². The molecule has 0 aliphatic heterocycles. The molecule has 0 bridgehead atoms. The highest BCUT2D eigenvalue weighted by Crippen LogP contribution is 2.09. The highest BCUT2D eigenvalue weighted by Gasteiger charge is 2.00. The van der Waals surface area contributed by atoms with Gasteiger partial charge in [-0.15, -0.1) is 0 Å². The number of pyridine rings is 1. The number of rotatable bonds is 11. The van der Waals surface area contributed by atoms with Crippen LogP contribution >= 0.6 is 15.9 Å². The molecule has 0 spiro atoms. The second-order valence-electron chi connectivity index (χ2n) is 5.26. The third-order valence-corrected chi connectivity index (χ3v) is 3.91. The van der Waals surface area contributed by atoms with Crippen LogP contribution in [0.2, 0.25) is 0 Å². The van der Waals surface area contributed by atoms with E-state index in [-0.39, 0.29) is 0 Å². The van der Waals surface area contributed by atoms with Crippen LogP contribution in [0.25, 0.3) is 0 Å². The number of hydrogen-bond acceptors (Lipinski definition) is 2. The van der Waals surface area contributed by atoms with Gasteiger partial charge in [0.1, 0.15) is 0 Å². The summed E-state index contributed by atoms with van der Waals surface area (Å²) in [6, 6.07) is 4.16. The highest BCUT2D eigenvalue weighted by atomic mass is 79.9. The number of alkyl halides is 1. The number of nitrogens with zero attached hydrogens (tertiary/aromatic N) is 2. The number of aromatic nitrogens is 1. The van der Waals surface area contributed by atoms with Crippen molar-refractivity contribution >= 4 is 15.9 Å². The van der Waals surface area contributed by atoms with Crippen LogP contribution in [-0.2, 0) is 6.54 Å². The zero-order chi connectivity index (χ0) is 13.8. The molecule has 1 heterocycles. The Morgan fingerprint density at radius 3 is 2.37 bits per heavy atom. The summed E-state index contributed by atoms with van der Waals surface area (Å²) in [7, 11) is 2.20. The van der Waals surface area contributed by atoms with Crippen molar-refractivity contribution < 1.29 is 0 Å². The molecule has 2 nitrogen and oxygen atoms in total. The summed E-state index contributed by atoms with van der Waals surface area (Å²) in [4.78, 5) is 6.54. The minimum atomic E-state index is 1.01. The first-order chi connectivity index (χ1) is 9.33. The van der Waals surface area contributed by atoms with E-state index in [2.05, 4.69) is 38.9 Å². The highest BCUT2D eigenvalue weighted by molar-refractivity contribution is 9.09. The van der Waals surface area contributed by atoms with Gasteiger partial charge in [-0.1, -0.05) is 54.1 Å². The standard InChI is InChI=1S/C16H27BrN2/c1-19(15-16-10-9-12-18-14-16)13-8-6-4-2-3-5-7-11-17/h9-10,12,14H,2-8,11,13,15H2,1H3. The molecule has 0 aliphatic carbocycles. The molecule has 0 fully saturated rings. The van der Waals surface area contributed by atoms with Gasteiger partial charge in [-0.25, -0.2) is 0 Å². The molecule has 0 aromatic carbocycles. The molecule has 0 N–H and O–H groups in total. The topological polar surface area (TPSA) is 16.1 Å². The summed E-state index contributed by atoms with van der Waals surface area (Å²) in [5, 5.41) is 1.16. The van der Waals surface area contributed by atoms with E-state index in [1.807, 2.05) is 18.5 Å². The molecule has 1 aromatic rings. The summed E-state index contributed by atoms with van der Waals surface area (Å²) < 4.78 is 0. The largest absolute Gasteiger partial charge is 0.302 e. The van der Waals surface area contributed by atoms with Gasteiger partial charge >= 0.3 is 0 Å². The minimum Gasteiger partial charge on any atom is -0.302 e. The number of hydrogen-bond donors (Lipinski definition) is 0. The van der Waals surface area contributed by atoms with Gasteiger partial charge in [0.05, 0.1) is 0 Å². The second-order valence-corrected chi connectivity index (χ2v) is 6.06. The van der Waals surface area contributed by atoms with Crippen LogP contribution in [0.3, 0.4) is 0 Å². The van der Waals surface area contributed by atoms with Gasteiger partial charge < -0.3 is 4.90 Å². The second kappa shape index (κ2) is 11.4. The molecular formula is C16H27BrN2. The lowest BCUT2D eigenvalue weighted by Gasteiger charge is -2.16. The fourth-order valence-electron chi connectivity index (χ4n) is 2.24. The molecule has 0 amide bonds. The average Bonchev–Trinajstić information content (AvgIpc) is 2.43. The summed E-state index contributed by atoms with van der Waals surface area (Å²) in [5.74, 6) is 0. The maximum Gasteiger partial charge on any atom is 0.0312 e. The molecule has 3 heteroatoms. The van der Waals surface area contributed by atoms with Crippen molar-refractivity contribution in [2.45, 2.75) is 51.5 Å². The SMILES string of the molecule is CN(CCCCCCCCCBr)Cc1cccnc1. The lowest BCUT2D eigenvalue weighted by molar-refractivity contribution is 0.316. The van der Waals surface area contributed by atoms with Crippen LogP contribution in [-0.4, -0.2) is 28.8 Å². The van der Waals surface area contributed by atoms with Crippen molar-refractivity contribution in [2.24, 2.45) is 0 Å². The fourth-order valence-corrected chi connectivity index (χ4v) is 2.64. The van der Waals surface area contributed by atoms with E-state index >= 15 is 0 Å². The third-order valence-electron chi connectivity index (χ3n) is 3.35. The van der Waals surface area contributed by atoms with E-state index in [9.17, 15) is 0 Å². The molecule has 19 heavy (non-hydrogen) atoms. The summed E-state index contributed by atoms with van der Waals surface area (Å²) in [6.45, 7) is 2.20. The molecule has 108 valence electrons. The maximum atomic E-state index is 4.15. The van der Waals surface area contributed by atoms with Gasteiger partial charge in [0, 0.05) is 24.3 Å². The van der Waals surface area contributed by atoms with Crippen molar-refractivity contribution in [2.75, 3.05) is 18.9 Å². The molecule has 0 atom stereocenters. The smallest absolute Gasteiger partial charge is 0.0312 e. The Hall–Kier alpha value is -0.410. The van der Waals surface area contributed by atoms with Gasteiger partial charge in [-0.3, -0.25) is 4.98 Å². The summed E-state index contributed by atoms with van der Waals surface area (Å²) in [6.07, 6.45) is 13.4. The van der Waals surface area contributed by atoms with Crippen molar-refractivity contribution in [1.29, 1.82) is 0 Å². The quantitative estimate of drug-likeness (QED) is 0.435. The molecule has 0 saturated heterocycles. The van der Waals surface area contributed by atoms with Crippen molar-refractivity contribution in [1.82, 2.24) is 9.88 Å². The molecule has 0 radical (unpaired) electrons. The molecule has 0 aliphatic rings. The van der Waals surface area contributed by atoms with Gasteiger partial charge in [0.15, 0.2) is 0 Å². The Balaban J connectivity index is 1.94. The third kappa shape index (κ3) is 9.17. The Morgan fingerprint density at radius 2 is 1.74 bits per heavy atom. The molecular weight excluding hydrogens is 300 g/mol. The van der Waals surface area contributed by atoms with E-state index in [0.717, 1.165) is 11.9 Å². The lowest BCUT2D eigenvalue weighted by atomic mass is 10.1. The average molecular weight is 327 g/mol. The van der Waals surface area contributed by atoms with Crippen molar-refractivity contribution in [3.05, 3.63) is 30.1 Å². The first-order valence-electron chi connectivity index (χ1n) is 7.46. The Labute approximate surface area is 126 Å².